The molecule has 0 unspecified atom stereocenters. The number of anilines is 1. The van der Waals surface area contributed by atoms with Crippen LogP contribution in [0.5, 0.6) is 0 Å². The molecule has 0 atom stereocenters. The monoisotopic (exact) mass is 324 g/mol. The minimum absolute atomic E-state index is 0.220. The number of hydrogen-bond donors (Lipinski definition) is 1. The van der Waals surface area contributed by atoms with Gasteiger partial charge in [0, 0.05) is 5.02 Å². The molecule has 2 aromatic heterocycles. The molecule has 0 fully saturated rings. The van der Waals surface area contributed by atoms with Crippen LogP contribution in [-0.4, -0.2) is 20.5 Å². The van der Waals surface area contributed by atoms with Crippen LogP contribution in [0.25, 0.3) is 10.2 Å². The van der Waals surface area contributed by atoms with Crippen LogP contribution in [0.15, 0.2) is 18.2 Å². The smallest absolute Gasteiger partial charge is 0.271 e. The summed E-state index contributed by atoms with van der Waals surface area (Å²) in [5.41, 5.74) is 1.52. The van der Waals surface area contributed by atoms with E-state index in [0.29, 0.717) is 27.1 Å². The highest BCUT2D eigenvalue weighted by molar-refractivity contribution is 7.22. The van der Waals surface area contributed by atoms with E-state index in [2.05, 4.69) is 19.9 Å². The first kappa shape index (κ1) is 13.4. The number of benzene rings is 1. The molecule has 0 radical (unpaired) electrons. The summed E-state index contributed by atoms with van der Waals surface area (Å²) in [5.74, 6) is -0.220. The van der Waals surface area contributed by atoms with Gasteiger partial charge in [-0.15, -0.1) is 5.10 Å². The number of aromatic nitrogens is 3. The number of hydrogen-bond acceptors (Lipinski definition) is 6. The van der Waals surface area contributed by atoms with Crippen LogP contribution in [0.4, 0.5) is 5.13 Å². The van der Waals surface area contributed by atoms with Crippen molar-refractivity contribution in [2.24, 2.45) is 0 Å². The highest BCUT2D eigenvalue weighted by atomic mass is 35.5. The van der Waals surface area contributed by atoms with Gasteiger partial charge in [0.25, 0.3) is 5.91 Å². The second-order valence-corrected chi connectivity index (χ2v) is 6.21. The average Bonchev–Trinajstić information content (AvgIpc) is 3.03. The van der Waals surface area contributed by atoms with Gasteiger partial charge >= 0.3 is 0 Å². The highest BCUT2D eigenvalue weighted by Crippen LogP contribution is 2.28. The normalized spacial score (nSPS) is 10.9. The number of amides is 1. The lowest BCUT2D eigenvalue weighted by Crippen LogP contribution is -2.12. The van der Waals surface area contributed by atoms with E-state index < -0.39 is 0 Å². The van der Waals surface area contributed by atoms with Gasteiger partial charge in [-0.05, 0) is 36.2 Å². The molecule has 5 nitrogen and oxygen atoms in total. The Kier molecular flexibility index (Phi) is 3.64. The van der Waals surface area contributed by atoms with Gasteiger partial charge in [-0.3, -0.25) is 10.1 Å². The molecule has 102 valence electrons. The molecule has 3 rings (SSSR count). The minimum atomic E-state index is -0.220. The van der Waals surface area contributed by atoms with Crippen molar-refractivity contribution in [3.05, 3.63) is 33.8 Å². The lowest BCUT2D eigenvalue weighted by Gasteiger charge is -1.98. The van der Waals surface area contributed by atoms with Crippen LogP contribution in [0.2, 0.25) is 5.02 Å². The molecule has 1 N–H and O–H groups in total. The predicted molar refractivity (Wildman–Crippen MR) is 81.9 cm³/mol. The van der Waals surface area contributed by atoms with Crippen LogP contribution in [-0.2, 0) is 6.42 Å². The van der Waals surface area contributed by atoms with Crippen LogP contribution in [0.1, 0.15) is 22.3 Å². The number of carbonyl (C=O) groups excluding carboxylic acids is 1. The fraction of sp³-hybridized carbons (Fsp3) is 0.167. The fourth-order valence-electron chi connectivity index (χ4n) is 1.72. The molecular weight excluding hydrogens is 316 g/mol. The lowest BCUT2D eigenvalue weighted by molar-refractivity contribution is 0.102. The Morgan fingerprint density at radius 2 is 2.30 bits per heavy atom. The summed E-state index contributed by atoms with van der Waals surface area (Å²) in [7, 11) is 0. The number of thiazole rings is 1. The number of halogens is 1. The molecule has 0 aliphatic rings. The molecule has 1 aromatic carbocycles. The predicted octanol–water partition coefficient (Wildman–Crippen LogP) is 3.62. The number of rotatable bonds is 3. The Labute approximate surface area is 127 Å². The maximum Gasteiger partial charge on any atom is 0.271 e. The topological polar surface area (TPSA) is 67.8 Å². The van der Waals surface area contributed by atoms with Gasteiger partial charge in [0.15, 0.2) is 5.13 Å². The summed E-state index contributed by atoms with van der Waals surface area (Å²) in [6.07, 6.45) is 0.675. The zero-order chi connectivity index (χ0) is 14.1. The second kappa shape index (κ2) is 5.43. The second-order valence-electron chi connectivity index (χ2n) is 3.99. The standard InChI is InChI=1S/C12H9ClN4OS2/c1-2-7-10(20-17-16-7)11(18)15-12-14-8-4-3-6(13)5-9(8)19-12/h3-5H,2H2,1H3,(H,14,15,18). The number of aryl methyl sites for hydroxylation is 1. The zero-order valence-corrected chi connectivity index (χ0v) is 12.8. The maximum atomic E-state index is 12.2. The van der Waals surface area contributed by atoms with E-state index in [4.69, 9.17) is 11.6 Å². The van der Waals surface area contributed by atoms with E-state index in [1.807, 2.05) is 19.1 Å². The summed E-state index contributed by atoms with van der Waals surface area (Å²) in [5, 5.41) is 7.90. The molecule has 0 aliphatic carbocycles. The summed E-state index contributed by atoms with van der Waals surface area (Å²) in [4.78, 5) is 17.0. The average molecular weight is 325 g/mol. The molecule has 1 amide bonds. The van der Waals surface area contributed by atoms with Crippen molar-refractivity contribution < 1.29 is 4.79 Å². The quantitative estimate of drug-likeness (QED) is 0.799. The van der Waals surface area contributed by atoms with Gasteiger partial charge < -0.3 is 0 Å². The summed E-state index contributed by atoms with van der Waals surface area (Å²) in [6.45, 7) is 1.94. The van der Waals surface area contributed by atoms with E-state index in [9.17, 15) is 4.79 Å². The lowest BCUT2D eigenvalue weighted by atomic mass is 10.3. The third-order valence-corrected chi connectivity index (χ3v) is 4.60. The molecule has 0 aliphatic heterocycles. The van der Waals surface area contributed by atoms with E-state index in [0.717, 1.165) is 21.7 Å². The summed E-state index contributed by atoms with van der Waals surface area (Å²) >= 11 is 8.41. The highest BCUT2D eigenvalue weighted by Gasteiger charge is 2.16. The zero-order valence-electron chi connectivity index (χ0n) is 10.4. The Balaban J connectivity index is 1.87. The number of fused-ring (bicyclic) bond motifs is 1. The first-order chi connectivity index (χ1) is 9.67. The Morgan fingerprint density at radius 3 is 3.10 bits per heavy atom. The van der Waals surface area contributed by atoms with Gasteiger partial charge in [0.2, 0.25) is 0 Å². The summed E-state index contributed by atoms with van der Waals surface area (Å²) in [6, 6.07) is 5.43. The molecule has 20 heavy (non-hydrogen) atoms. The van der Waals surface area contributed by atoms with E-state index in [1.54, 1.807) is 6.07 Å². The Bertz CT molecular complexity index is 783. The molecule has 0 saturated carbocycles. The van der Waals surface area contributed by atoms with Crippen LogP contribution >= 0.6 is 34.5 Å². The first-order valence-electron chi connectivity index (χ1n) is 5.86. The molecule has 0 spiro atoms. The van der Waals surface area contributed by atoms with Crippen LogP contribution in [0.3, 0.4) is 0 Å². The Morgan fingerprint density at radius 1 is 1.45 bits per heavy atom. The van der Waals surface area contributed by atoms with Gasteiger partial charge in [-0.25, -0.2) is 4.98 Å². The fourth-order valence-corrected chi connectivity index (χ4v) is 3.50. The van der Waals surface area contributed by atoms with Crippen molar-refractivity contribution in [3.8, 4) is 0 Å². The van der Waals surface area contributed by atoms with Crippen LogP contribution in [0, 0.1) is 0 Å². The van der Waals surface area contributed by atoms with Crippen molar-refractivity contribution >= 4 is 55.7 Å². The van der Waals surface area contributed by atoms with Crippen LogP contribution < -0.4 is 5.32 Å². The van der Waals surface area contributed by atoms with Gasteiger partial charge in [-0.2, -0.15) is 0 Å². The molecule has 0 bridgehead atoms. The maximum absolute atomic E-state index is 12.2. The minimum Gasteiger partial charge on any atom is -0.297 e. The van der Waals surface area contributed by atoms with Crippen molar-refractivity contribution in [3.63, 3.8) is 0 Å². The third-order valence-electron chi connectivity index (χ3n) is 2.67. The molecule has 2 heterocycles. The largest absolute Gasteiger partial charge is 0.297 e. The summed E-state index contributed by atoms with van der Waals surface area (Å²) < 4.78 is 4.74. The van der Waals surface area contributed by atoms with E-state index >= 15 is 0 Å². The third kappa shape index (κ3) is 2.52. The van der Waals surface area contributed by atoms with Crippen molar-refractivity contribution in [1.82, 2.24) is 14.6 Å². The van der Waals surface area contributed by atoms with Crippen molar-refractivity contribution in [2.45, 2.75) is 13.3 Å². The molecule has 8 heteroatoms. The molecule has 3 aromatic rings. The molecular formula is C12H9ClN4OS2. The van der Waals surface area contributed by atoms with E-state index in [-0.39, 0.29) is 5.91 Å². The van der Waals surface area contributed by atoms with Gasteiger partial charge in [0.05, 0.1) is 15.9 Å². The number of nitrogens with zero attached hydrogens (tertiary/aromatic N) is 3. The van der Waals surface area contributed by atoms with Gasteiger partial charge in [-0.1, -0.05) is 34.3 Å². The van der Waals surface area contributed by atoms with Crippen molar-refractivity contribution in [1.29, 1.82) is 0 Å². The first-order valence-corrected chi connectivity index (χ1v) is 7.83. The van der Waals surface area contributed by atoms with Gasteiger partial charge in [0.1, 0.15) is 4.88 Å². The number of nitrogens with one attached hydrogen (secondary N) is 1. The Hall–Kier alpha value is -1.57. The SMILES string of the molecule is CCc1nnsc1C(=O)Nc1nc2ccc(Cl)cc2s1. The molecule has 0 saturated heterocycles. The van der Waals surface area contributed by atoms with E-state index in [1.165, 1.54) is 11.3 Å². The van der Waals surface area contributed by atoms with Crippen molar-refractivity contribution in [2.75, 3.05) is 5.32 Å². The number of carbonyl (C=O) groups is 1.